The van der Waals surface area contributed by atoms with Gasteiger partial charge in [-0.1, -0.05) is 46.8 Å². The summed E-state index contributed by atoms with van der Waals surface area (Å²) in [5.41, 5.74) is 5.49. The fourth-order valence-corrected chi connectivity index (χ4v) is 3.00. The summed E-state index contributed by atoms with van der Waals surface area (Å²) < 4.78 is 6.20. The first kappa shape index (κ1) is 19.4. The molecule has 0 saturated carbocycles. The molecule has 25 heavy (non-hydrogen) atoms. The molecule has 0 radical (unpaired) electrons. The zero-order chi connectivity index (χ0) is 19.2. The van der Waals surface area contributed by atoms with Gasteiger partial charge in [0.25, 0.3) is 0 Å². The summed E-state index contributed by atoms with van der Waals surface area (Å²) in [7, 11) is 0. The molecule has 0 heterocycles. The SMILES string of the molecule is Cc1cc(Oc2c(C)cc(C(C)(C)C(C)(C)C)cc2C)cc(C)c1O. The number of ether oxygens (including phenoxy) is 1. The average Bonchev–Trinajstić information content (AvgIpc) is 2.47. The molecular formula is C23H32O2. The Labute approximate surface area is 152 Å². The van der Waals surface area contributed by atoms with Crippen molar-refractivity contribution < 1.29 is 9.84 Å². The molecule has 0 atom stereocenters. The average molecular weight is 341 g/mol. The van der Waals surface area contributed by atoms with E-state index in [1.165, 1.54) is 5.56 Å². The number of rotatable bonds is 3. The van der Waals surface area contributed by atoms with Gasteiger partial charge in [0.1, 0.15) is 17.2 Å². The van der Waals surface area contributed by atoms with Crippen LogP contribution >= 0.6 is 0 Å². The fourth-order valence-electron chi connectivity index (χ4n) is 3.00. The van der Waals surface area contributed by atoms with E-state index in [9.17, 15) is 5.11 Å². The molecule has 2 rings (SSSR count). The summed E-state index contributed by atoms with van der Waals surface area (Å²) in [4.78, 5) is 0. The Morgan fingerprint density at radius 2 is 1.16 bits per heavy atom. The first-order chi connectivity index (χ1) is 11.3. The Hall–Kier alpha value is -1.96. The van der Waals surface area contributed by atoms with Crippen LogP contribution in [0.15, 0.2) is 24.3 Å². The highest BCUT2D eigenvalue weighted by atomic mass is 16.5. The van der Waals surface area contributed by atoms with Crippen molar-refractivity contribution in [2.45, 2.75) is 67.7 Å². The fraction of sp³-hybridized carbons (Fsp3) is 0.478. The van der Waals surface area contributed by atoms with Crippen LogP contribution in [0.2, 0.25) is 0 Å². The minimum atomic E-state index is 0.0623. The number of phenolic OH excluding ortho intramolecular Hbond substituents is 1. The number of aromatic hydroxyl groups is 1. The molecule has 0 bridgehead atoms. The van der Waals surface area contributed by atoms with Crippen molar-refractivity contribution >= 4 is 0 Å². The second kappa shape index (κ2) is 6.40. The molecule has 0 saturated heterocycles. The predicted molar refractivity (Wildman–Crippen MR) is 106 cm³/mol. The lowest BCUT2D eigenvalue weighted by molar-refractivity contribution is 0.225. The zero-order valence-corrected chi connectivity index (χ0v) is 17.2. The summed E-state index contributed by atoms with van der Waals surface area (Å²) in [6.07, 6.45) is 0. The largest absolute Gasteiger partial charge is 0.507 e. The van der Waals surface area contributed by atoms with Crippen molar-refractivity contribution in [3.63, 3.8) is 0 Å². The van der Waals surface area contributed by atoms with Crippen LogP contribution < -0.4 is 4.74 Å². The number of aryl methyl sites for hydroxylation is 4. The van der Waals surface area contributed by atoms with Gasteiger partial charge in [0, 0.05) is 0 Å². The van der Waals surface area contributed by atoms with Crippen LogP contribution in [0.3, 0.4) is 0 Å². The quantitative estimate of drug-likeness (QED) is 0.670. The van der Waals surface area contributed by atoms with Gasteiger partial charge in [-0.3, -0.25) is 0 Å². The molecule has 2 heteroatoms. The standard InChI is InChI=1S/C23H32O2/c1-14-12-19(13-15(2)20(14)24)25-21-16(3)10-18(11-17(21)4)23(8,9)22(5,6)7/h10-13,24H,1-9H3. The molecule has 0 aliphatic heterocycles. The minimum absolute atomic E-state index is 0.0623. The van der Waals surface area contributed by atoms with Crippen LogP contribution in [0.5, 0.6) is 17.2 Å². The number of hydrogen-bond donors (Lipinski definition) is 1. The van der Waals surface area contributed by atoms with E-state index in [2.05, 4.69) is 60.6 Å². The number of phenols is 1. The molecule has 136 valence electrons. The molecule has 2 aromatic carbocycles. The molecule has 0 unspecified atom stereocenters. The van der Waals surface area contributed by atoms with E-state index < -0.39 is 0 Å². The second-order valence-corrected chi connectivity index (χ2v) is 8.82. The lowest BCUT2D eigenvalue weighted by Gasteiger charge is -2.40. The molecule has 0 aromatic heterocycles. The lowest BCUT2D eigenvalue weighted by atomic mass is 9.65. The summed E-state index contributed by atoms with van der Waals surface area (Å²) in [5, 5.41) is 9.95. The Morgan fingerprint density at radius 3 is 1.56 bits per heavy atom. The van der Waals surface area contributed by atoms with E-state index in [1.807, 2.05) is 26.0 Å². The molecular weight excluding hydrogens is 308 g/mol. The lowest BCUT2D eigenvalue weighted by Crippen LogP contribution is -2.34. The van der Waals surface area contributed by atoms with E-state index in [0.29, 0.717) is 5.75 Å². The zero-order valence-electron chi connectivity index (χ0n) is 17.2. The smallest absolute Gasteiger partial charge is 0.133 e. The van der Waals surface area contributed by atoms with Crippen molar-refractivity contribution in [2.75, 3.05) is 0 Å². The van der Waals surface area contributed by atoms with Gasteiger partial charge >= 0.3 is 0 Å². The van der Waals surface area contributed by atoms with E-state index in [-0.39, 0.29) is 10.8 Å². The van der Waals surface area contributed by atoms with Gasteiger partial charge in [-0.25, -0.2) is 0 Å². The van der Waals surface area contributed by atoms with Gasteiger partial charge in [-0.05, 0) is 78.5 Å². The van der Waals surface area contributed by atoms with E-state index in [4.69, 9.17) is 4.74 Å². The maximum Gasteiger partial charge on any atom is 0.133 e. The predicted octanol–water partition coefficient (Wildman–Crippen LogP) is 6.74. The van der Waals surface area contributed by atoms with Crippen molar-refractivity contribution in [3.05, 3.63) is 52.1 Å². The highest BCUT2D eigenvalue weighted by molar-refractivity contribution is 5.50. The third-order valence-corrected chi connectivity index (χ3v) is 5.74. The van der Waals surface area contributed by atoms with Gasteiger partial charge in [0.2, 0.25) is 0 Å². The number of hydrogen-bond acceptors (Lipinski definition) is 2. The molecule has 0 fully saturated rings. The van der Waals surface area contributed by atoms with Gasteiger partial charge in [-0.15, -0.1) is 0 Å². The Balaban J connectivity index is 2.45. The molecule has 1 N–H and O–H groups in total. The molecule has 0 amide bonds. The normalized spacial score (nSPS) is 12.4. The van der Waals surface area contributed by atoms with Gasteiger partial charge in [-0.2, -0.15) is 0 Å². The second-order valence-electron chi connectivity index (χ2n) is 8.82. The molecule has 2 nitrogen and oxygen atoms in total. The molecule has 0 aliphatic rings. The maximum absolute atomic E-state index is 9.95. The van der Waals surface area contributed by atoms with E-state index in [1.54, 1.807) is 0 Å². The summed E-state index contributed by atoms with van der Waals surface area (Å²) in [5.74, 6) is 2.00. The molecule has 0 aliphatic carbocycles. The number of benzene rings is 2. The Kier molecular flexibility index (Phi) is 4.96. The van der Waals surface area contributed by atoms with Crippen LogP contribution in [0.1, 0.15) is 62.4 Å². The third kappa shape index (κ3) is 3.68. The monoisotopic (exact) mass is 340 g/mol. The summed E-state index contributed by atoms with van der Waals surface area (Å²) in [6.45, 7) is 19.4. The highest BCUT2D eigenvalue weighted by Gasteiger charge is 2.35. The first-order valence-corrected chi connectivity index (χ1v) is 8.94. The van der Waals surface area contributed by atoms with Crippen molar-refractivity contribution in [1.82, 2.24) is 0 Å². The van der Waals surface area contributed by atoms with Gasteiger partial charge < -0.3 is 9.84 Å². The van der Waals surface area contributed by atoms with E-state index in [0.717, 1.165) is 33.8 Å². The Morgan fingerprint density at radius 1 is 0.720 bits per heavy atom. The summed E-state index contributed by atoms with van der Waals surface area (Å²) >= 11 is 0. The highest BCUT2D eigenvalue weighted by Crippen LogP contribution is 2.43. The van der Waals surface area contributed by atoms with Crippen LogP contribution in [-0.2, 0) is 5.41 Å². The van der Waals surface area contributed by atoms with E-state index >= 15 is 0 Å². The minimum Gasteiger partial charge on any atom is -0.507 e. The maximum atomic E-state index is 9.95. The van der Waals surface area contributed by atoms with Gasteiger partial charge in [0.15, 0.2) is 0 Å². The molecule has 2 aromatic rings. The van der Waals surface area contributed by atoms with Crippen LogP contribution in [0.4, 0.5) is 0 Å². The topological polar surface area (TPSA) is 29.5 Å². The van der Waals surface area contributed by atoms with Crippen LogP contribution in [-0.4, -0.2) is 5.11 Å². The summed E-state index contributed by atoms with van der Waals surface area (Å²) in [6, 6.07) is 8.25. The van der Waals surface area contributed by atoms with Crippen molar-refractivity contribution in [1.29, 1.82) is 0 Å². The van der Waals surface area contributed by atoms with Crippen molar-refractivity contribution in [2.24, 2.45) is 5.41 Å². The third-order valence-electron chi connectivity index (χ3n) is 5.74. The Bertz CT molecular complexity index is 746. The van der Waals surface area contributed by atoms with Crippen LogP contribution in [0.25, 0.3) is 0 Å². The van der Waals surface area contributed by atoms with Crippen molar-refractivity contribution in [3.8, 4) is 17.2 Å². The van der Waals surface area contributed by atoms with Crippen LogP contribution in [0, 0.1) is 33.1 Å². The van der Waals surface area contributed by atoms with Gasteiger partial charge in [0.05, 0.1) is 0 Å². The first-order valence-electron chi connectivity index (χ1n) is 8.94. The molecule has 0 spiro atoms.